The van der Waals surface area contributed by atoms with Gasteiger partial charge in [-0.15, -0.1) is 11.3 Å². The zero-order valence-electron chi connectivity index (χ0n) is 17.2. The number of fused-ring (bicyclic) bond motifs is 1. The third kappa shape index (κ3) is 4.51. The maximum Gasteiger partial charge on any atom is 0.259 e. The first-order chi connectivity index (χ1) is 15.7. The van der Waals surface area contributed by atoms with Crippen molar-refractivity contribution in [3.8, 4) is 0 Å². The van der Waals surface area contributed by atoms with E-state index in [-0.39, 0.29) is 11.9 Å². The summed E-state index contributed by atoms with van der Waals surface area (Å²) in [6, 6.07) is 13.2. The first kappa shape index (κ1) is 21.0. The first-order valence-corrected chi connectivity index (χ1v) is 12.1. The van der Waals surface area contributed by atoms with E-state index in [9.17, 15) is 10.0 Å². The van der Waals surface area contributed by atoms with Gasteiger partial charge in [-0.1, -0.05) is 36.7 Å². The Kier molecular flexibility index (Phi) is 6.13. The van der Waals surface area contributed by atoms with Crippen LogP contribution in [0.15, 0.2) is 64.1 Å². The number of nitrogens with zero attached hydrogens (tertiary/aromatic N) is 3. The number of nitrogens with one attached hydrogen (secondary N) is 1. The lowest BCUT2D eigenvalue weighted by Gasteiger charge is -2.11. The second-order valence-electron chi connectivity index (χ2n) is 7.71. The third-order valence-electron chi connectivity index (χ3n) is 5.59. The Morgan fingerprint density at radius 2 is 1.91 bits per heavy atom. The Morgan fingerprint density at radius 3 is 2.66 bits per heavy atom. The maximum absolute atomic E-state index is 13.1. The molecule has 7 nitrogen and oxygen atoms in total. The van der Waals surface area contributed by atoms with E-state index in [2.05, 4.69) is 20.3 Å². The van der Waals surface area contributed by atoms with Crippen molar-refractivity contribution in [3.63, 3.8) is 0 Å². The fourth-order valence-electron chi connectivity index (χ4n) is 3.92. The molecule has 162 valence electrons. The summed E-state index contributed by atoms with van der Waals surface area (Å²) in [5.74, 6) is 0.463. The molecule has 0 atom stereocenters. The number of anilines is 1. The largest absolute Gasteiger partial charge is 0.290 e. The molecule has 0 bridgehead atoms. The minimum atomic E-state index is -0.328. The van der Waals surface area contributed by atoms with Crippen LogP contribution in [0, 0.1) is 0 Å². The molecule has 1 amide bonds. The number of carbonyl (C=O) groups is 1. The molecule has 9 heteroatoms. The number of nitrogens with two attached hydrogens (primary N) is 1. The van der Waals surface area contributed by atoms with Crippen LogP contribution in [0.2, 0.25) is 0 Å². The quantitative estimate of drug-likeness (QED) is 0.281. The highest BCUT2D eigenvalue weighted by Crippen LogP contribution is 2.37. The lowest BCUT2D eigenvalue weighted by Crippen LogP contribution is -2.73. The van der Waals surface area contributed by atoms with E-state index < -0.39 is 0 Å². The molecule has 1 aliphatic carbocycles. The summed E-state index contributed by atoms with van der Waals surface area (Å²) in [5.41, 5.74) is 4.02. The van der Waals surface area contributed by atoms with Gasteiger partial charge in [0.15, 0.2) is 10.0 Å². The van der Waals surface area contributed by atoms with Gasteiger partial charge in [0, 0.05) is 29.4 Å². The van der Waals surface area contributed by atoms with Crippen LogP contribution in [-0.4, -0.2) is 26.1 Å². The molecule has 2 aromatic carbocycles. The molecule has 2 aromatic heterocycles. The van der Waals surface area contributed by atoms with Crippen molar-refractivity contribution in [2.45, 2.75) is 40.8 Å². The van der Waals surface area contributed by atoms with Gasteiger partial charge >= 0.3 is 0 Å². The predicted molar refractivity (Wildman–Crippen MR) is 125 cm³/mol. The smallest absolute Gasteiger partial charge is 0.259 e. The van der Waals surface area contributed by atoms with Crippen LogP contribution in [0.1, 0.15) is 47.5 Å². The minimum absolute atomic E-state index is 0.270. The summed E-state index contributed by atoms with van der Waals surface area (Å²) in [6.07, 6.45) is 8.46. The van der Waals surface area contributed by atoms with Crippen LogP contribution in [0.25, 0.3) is 10.2 Å². The van der Waals surface area contributed by atoms with Gasteiger partial charge in [-0.2, -0.15) is 5.48 Å². The molecule has 4 aromatic rings. The Hall–Kier alpha value is -2.85. The fourth-order valence-corrected chi connectivity index (χ4v) is 6.06. The zero-order chi connectivity index (χ0) is 21.9. The number of thiazole rings is 1. The highest BCUT2D eigenvalue weighted by molar-refractivity contribution is 8.01. The average molecular weight is 465 g/mol. The number of rotatable bonds is 6. The average Bonchev–Trinajstić information content (AvgIpc) is 3.49. The number of hydrogen-bond acceptors (Lipinski definition) is 7. The van der Waals surface area contributed by atoms with Crippen LogP contribution in [0.5, 0.6) is 0 Å². The highest BCUT2D eigenvalue weighted by atomic mass is 32.2. The van der Waals surface area contributed by atoms with Crippen molar-refractivity contribution >= 4 is 50.9 Å². The van der Waals surface area contributed by atoms with Crippen molar-refractivity contribution in [2.24, 2.45) is 0 Å². The van der Waals surface area contributed by atoms with Crippen molar-refractivity contribution in [1.29, 1.82) is 0 Å². The third-order valence-corrected chi connectivity index (χ3v) is 7.77. The van der Waals surface area contributed by atoms with Gasteiger partial charge in [0.25, 0.3) is 5.91 Å². The van der Waals surface area contributed by atoms with E-state index in [1.807, 2.05) is 42.7 Å². The van der Waals surface area contributed by atoms with Crippen molar-refractivity contribution < 1.29 is 15.5 Å². The van der Waals surface area contributed by atoms with Crippen LogP contribution in [-0.2, 0) is 0 Å². The normalized spacial score (nSPS) is 14.2. The number of aromatic nitrogens is 3. The highest BCUT2D eigenvalue weighted by Gasteiger charge is 2.20. The summed E-state index contributed by atoms with van der Waals surface area (Å²) in [5, 5.41) is 12.2. The molecule has 1 saturated carbocycles. The van der Waals surface area contributed by atoms with E-state index in [0.717, 1.165) is 30.5 Å². The number of quaternary nitrogens is 1. The predicted octanol–water partition coefficient (Wildman–Crippen LogP) is 4.73. The van der Waals surface area contributed by atoms with Gasteiger partial charge in [0.1, 0.15) is 0 Å². The van der Waals surface area contributed by atoms with Crippen LogP contribution in [0.4, 0.5) is 11.6 Å². The number of amides is 1. The Bertz CT molecular complexity index is 1220. The van der Waals surface area contributed by atoms with E-state index in [1.54, 1.807) is 23.5 Å². The molecule has 1 fully saturated rings. The summed E-state index contributed by atoms with van der Waals surface area (Å²) < 4.78 is 1.94. The molecule has 1 aliphatic rings. The van der Waals surface area contributed by atoms with E-state index in [4.69, 9.17) is 0 Å². The number of carbonyl (C=O) groups excluding carboxylic acids is 1. The van der Waals surface area contributed by atoms with Gasteiger partial charge in [0.2, 0.25) is 5.95 Å². The molecule has 0 radical (unpaired) electrons. The Morgan fingerprint density at radius 1 is 1.12 bits per heavy atom. The van der Waals surface area contributed by atoms with Gasteiger partial charge in [0.05, 0.1) is 15.8 Å². The summed E-state index contributed by atoms with van der Waals surface area (Å²) in [6.45, 7) is 0. The van der Waals surface area contributed by atoms with E-state index in [1.165, 1.54) is 37.4 Å². The van der Waals surface area contributed by atoms with Gasteiger partial charge in [-0.05, 0) is 42.5 Å². The molecule has 2 heterocycles. The maximum atomic E-state index is 13.1. The van der Waals surface area contributed by atoms with Gasteiger partial charge < -0.3 is 0 Å². The lowest BCUT2D eigenvalue weighted by atomic mass is 10.0. The second kappa shape index (κ2) is 9.33. The SMILES string of the molecule is O=C(Nc1ncc(C2CCCC2)cn1)c1cc([NH2+]O)ccc1Sc1nc2ccccc2s1. The summed E-state index contributed by atoms with van der Waals surface area (Å²) >= 11 is 3.01. The fraction of sp³-hybridized carbons (Fsp3) is 0.217. The minimum Gasteiger partial charge on any atom is -0.290 e. The van der Waals surface area contributed by atoms with E-state index in [0.29, 0.717) is 17.2 Å². The molecule has 4 N–H and O–H groups in total. The molecule has 0 aliphatic heterocycles. The summed E-state index contributed by atoms with van der Waals surface area (Å²) in [7, 11) is 0. The topological polar surface area (TPSA) is 105 Å². The van der Waals surface area contributed by atoms with Gasteiger partial charge in [-0.25, -0.2) is 20.2 Å². The van der Waals surface area contributed by atoms with Crippen molar-refractivity contribution in [2.75, 3.05) is 5.32 Å². The Balaban J connectivity index is 1.38. The molecule has 0 saturated heterocycles. The van der Waals surface area contributed by atoms with Crippen LogP contribution < -0.4 is 10.8 Å². The Labute approximate surface area is 193 Å². The molecule has 5 rings (SSSR count). The van der Waals surface area contributed by atoms with Gasteiger partial charge in [-0.3, -0.25) is 10.1 Å². The molecule has 32 heavy (non-hydrogen) atoms. The number of hydrogen-bond donors (Lipinski definition) is 3. The first-order valence-electron chi connectivity index (χ1n) is 10.5. The molecule has 0 unspecified atom stereocenters. The number of benzene rings is 2. The van der Waals surface area contributed by atoms with Crippen molar-refractivity contribution in [1.82, 2.24) is 15.0 Å². The second-order valence-corrected chi connectivity index (χ2v) is 10.0. The summed E-state index contributed by atoms with van der Waals surface area (Å²) in [4.78, 5) is 27.2. The van der Waals surface area contributed by atoms with E-state index >= 15 is 0 Å². The van der Waals surface area contributed by atoms with Crippen molar-refractivity contribution in [3.05, 3.63) is 66.0 Å². The molecule has 0 spiro atoms. The standard InChI is InChI=1S/C23H21N5O2S2/c29-21(27-22-24-12-15(13-25-22)14-5-1-2-6-14)17-11-16(28-30)9-10-19(17)31-23-26-18-7-3-4-8-20(18)32-23/h3-4,7-14,28,30H,1-2,5-6H2,(H,24,25,27,29)/p+1. The lowest BCUT2D eigenvalue weighted by molar-refractivity contribution is -0.825. The zero-order valence-corrected chi connectivity index (χ0v) is 18.8. The monoisotopic (exact) mass is 464 g/mol. The molecular formula is C23H22N5O2S2+. The van der Waals surface area contributed by atoms with Crippen LogP contribution in [0.3, 0.4) is 0 Å². The number of para-hydroxylation sites is 1. The van der Waals surface area contributed by atoms with Crippen LogP contribution >= 0.6 is 23.1 Å². The molecular weight excluding hydrogens is 442 g/mol.